The first-order valence-corrected chi connectivity index (χ1v) is 15.5. The van der Waals surface area contributed by atoms with E-state index in [0.717, 1.165) is 115 Å². The number of ether oxygens (including phenoxy) is 2. The number of rotatable bonds is 6. The fraction of sp³-hybridized carbons (Fsp3) is 0.688. The number of H-pyrrole nitrogens is 2. The summed E-state index contributed by atoms with van der Waals surface area (Å²) in [5.41, 5.74) is 9.18. The number of halogens is 2. The van der Waals surface area contributed by atoms with Gasteiger partial charge in [-0.3, -0.25) is 19.4 Å². The van der Waals surface area contributed by atoms with Gasteiger partial charge >= 0.3 is 0 Å². The van der Waals surface area contributed by atoms with Crippen molar-refractivity contribution >= 4 is 36.4 Å². The Morgan fingerprint density at radius 2 is 1.02 bits per heavy atom. The average Bonchev–Trinajstić information content (AvgIpc) is 3.48. The molecule has 4 heterocycles. The third-order valence-corrected chi connectivity index (χ3v) is 9.38. The third-order valence-electron chi connectivity index (χ3n) is 9.38. The molecule has 10 heteroatoms. The lowest BCUT2D eigenvalue weighted by Gasteiger charge is -2.31. The standard InChI is InChI=1S/2C16H24N2O2.2ClH/c2*1-3-13-11(2)17-14-5-4-12(16(19)15(13)14)10-18-6-8-20-9-7-18;;/h2*12,17H,3-10H2,1-2H3;2*1H. The number of Topliss-reactive ketones (excluding diaryl/α,β-unsaturated/α-hetero) is 2. The van der Waals surface area contributed by atoms with Gasteiger partial charge in [-0.2, -0.15) is 0 Å². The van der Waals surface area contributed by atoms with Crippen molar-refractivity contribution in [2.75, 3.05) is 65.7 Å². The van der Waals surface area contributed by atoms with Gasteiger partial charge in [-0.25, -0.2) is 0 Å². The van der Waals surface area contributed by atoms with Crippen molar-refractivity contribution in [3.05, 3.63) is 45.0 Å². The Bertz CT molecular complexity index is 1110. The van der Waals surface area contributed by atoms with Gasteiger partial charge in [0, 0.05) is 85.0 Å². The molecule has 0 radical (unpaired) electrons. The normalized spacial score (nSPS) is 22.8. The van der Waals surface area contributed by atoms with Crippen molar-refractivity contribution in [1.29, 1.82) is 0 Å². The molecular formula is C32H50Cl2N4O4. The van der Waals surface area contributed by atoms with Crippen molar-refractivity contribution < 1.29 is 19.1 Å². The second-order valence-corrected chi connectivity index (χ2v) is 11.9. The maximum Gasteiger partial charge on any atom is 0.169 e. The first-order chi connectivity index (χ1) is 19.4. The Morgan fingerprint density at radius 3 is 1.36 bits per heavy atom. The Labute approximate surface area is 263 Å². The number of ketones is 2. The molecular weight excluding hydrogens is 575 g/mol. The number of nitrogens with one attached hydrogen (secondary N) is 2. The monoisotopic (exact) mass is 624 g/mol. The molecule has 0 spiro atoms. The number of carbonyl (C=O) groups excluding carboxylic acids is 2. The zero-order valence-corrected chi connectivity index (χ0v) is 27.4. The Morgan fingerprint density at radius 1 is 0.667 bits per heavy atom. The van der Waals surface area contributed by atoms with Crippen LogP contribution in [-0.2, 0) is 35.2 Å². The van der Waals surface area contributed by atoms with Gasteiger partial charge in [0.25, 0.3) is 0 Å². The van der Waals surface area contributed by atoms with Crippen LogP contribution < -0.4 is 0 Å². The van der Waals surface area contributed by atoms with Crippen LogP contribution in [0.25, 0.3) is 0 Å². The van der Waals surface area contributed by atoms with Crippen LogP contribution in [0, 0.1) is 25.7 Å². The highest BCUT2D eigenvalue weighted by Gasteiger charge is 2.34. The van der Waals surface area contributed by atoms with E-state index in [2.05, 4.69) is 47.5 Å². The highest BCUT2D eigenvalue weighted by Crippen LogP contribution is 2.32. The number of morpholine rings is 2. The van der Waals surface area contributed by atoms with Crippen LogP contribution >= 0.6 is 24.8 Å². The van der Waals surface area contributed by atoms with Crippen LogP contribution in [0.2, 0.25) is 0 Å². The smallest absolute Gasteiger partial charge is 0.169 e. The molecule has 2 fully saturated rings. The van der Waals surface area contributed by atoms with Gasteiger partial charge in [-0.1, -0.05) is 13.8 Å². The maximum absolute atomic E-state index is 12.8. The van der Waals surface area contributed by atoms with Crippen LogP contribution in [0.4, 0.5) is 0 Å². The van der Waals surface area contributed by atoms with Crippen LogP contribution in [-0.4, -0.2) is 97.0 Å². The number of aromatic nitrogens is 2. The first kappa shape index (κ1) is 34.8. The third kappa shape index (κ3) is 7.51. The van der Waals surface area contributed by atoms with Crippen LogP contribution in [0.3, 0.4) is 0 Å². The van der Waals surface area contributed by atoms with Gasteiger partial charge < -0.3 is 19.4 Å². The van der Waals surface area contributed by atoms with Gasteiger partial charge in [-0.05, 0) is 63.5 Å². The summed E-state index contributed by atoms with van der Waals surface area (Å²) in [6.07, 6.45) is 5.85. The number of nitrogens with zero attached hydrogens (tertiary/aromatic N) is 2. The number of fused-ring (bicyclic) bond motifs is 2. The molecule has 0 amide bonds. The SMILES string of the molecule is CCc1c(C)[nH]c2c1C(=O)C(CN1CCOCC1)CC2.CCc1c(C)[nH]c2c1C(=O)C(CN1CCOCC1)CC2.Cl.Cl. The lowest BCUT2D eigenvalue weighted by atomic mass is 9.83. The molecule has 2 aromatic rings. The van der Waals surface area contributed by atoms with E-state index < -0.39 is 0 Å². The van der Waals surface area contributed by atoms with Gasteiger partial charge in [0.1, 0.15) is 0 Å². The first-order valence-electron chi connectivity index (χ1n) is 15.5. The van der Waals surface area contributed by atoms with Crippen LogP contribution in [0.15, 0.2) is 0 Å². The van der Waals surface area contributed by atoms with E-state index in [-0.39, 0.29) is 36.6 Å². The summed E-state index contributed by atoms with van der Waals surface area (Å²) in [5, 5.41) is 0. The Hall–Kier alpha value is -1.68. The Kier molecular flexibility index (Phi) is 13.2. The molecule has 0 saturated carbocycles. The van der Waals surface area contributed by atoms with E-state index in [4.69, 9.17) is 9.47 Å². The number of aryl methyl sites for hydroxylation is 4. The molecule has 8 nitrogen and oxygen atoms in total. The summed E-state index contributed by atoms with van der Waals surface area (Å²) in [6, 6.07) is 0. The molecule has 42 heavy (non-hydrogen) atoms. The minimum absolute atomic E-state index is 0. The summed E-state index contributed by atoms with van der Waals surface area (Å²) in [7, 11) is 0. The van der Waals surface area contributed by atoms with Gasteiger partial charge in [0.05, 0.1) is 26.4 Å². The highest BCUT2D eigenvalue weighted by molar-refractivity contribution is 6.02. The van der Waals surface area contributed by atoms with E-state index in [1.54, 1.807) is 0 Å². The second kappa shape index (κ2) is 15.9. The van der Waals surface area contributed by atoms with Crippen LogP contribution in [0.1, 0.15) is 81.3 Å². The lowest BCUT2D eigenvalue weighted by Crippen LogP contribution is -2.42. The molecule has 2 aliphatic heterocycles. The molecule has 0 aromatic carbocycles. The number of hydrogen-bond acceptors (Lipinski definition) is 6. The van der Waals surface area contributed by atoms with E-state index >= 15 is 0 Å². The second-order valence-electron chi connectivity index (χ2n) is 11.9. The number of carbonyl (C=O) groups is 2. The van der Waals surface area contributed by atoms with Crippen molar-refractivity contribution in [3.63, 3.8) is 0 Å². The van der Waals surface area contributed by atoms with Crippen molar-refractivity contribution in [2.24, 2.45) is 11.8 Å². The predicted octanol–water partition coefficient (Wildman–Crippen LogP) is 4.77. The Balaban J connectivity index is 0.000000220. The fourth-order valence-electron chi connectivity index (χ4n) is 7.17. The molecule has 6 rings (SSSR count). The summed E-state index contributed by atoms with van der Waals surface area (Å²) in [6.45, 7) is 17.3. The molecule has 4 aliphatic rings. The van der Waals surface area contributed by atoms with Crippen molar-refractivity contribution in [1.82, 2.24) is 19.8 Å². The summed E-state index contributed by atoms with van der Waals surface area (Å²) >= 11 is 0. The van der Waals surface area contributed by atoms with E-state index in [0.29, 0.717) is 11.6 Å². The van der Waals surface area contributed by atoms with E-state index in [9.17, 15) is 9.59 Å². The number of hydrogen-bond donors (Lipinski definition) is 2. The minimum atomic E-state index is 0. The van der Waals surface area contributed by atoms with Crippen LogP contribution in [0.5, 0.6) is 0 Å². The molecule has 2 atom stereocenters. The van der Waals surface area contributed by atoms with Crippen molar-refractivity contribution in [3.8, 4) is 0 Å². The summed E-state index contributed by atoms with van der Waals surface area (Å²) in [5.74, 6) is 1.06. The molecule has 2 N–H and O–H groups in total. The maximum atomic E-state index is 12.8. The minimum Gasteiger partial charge on any atom is -0.379 e. The average molecular weight is 626 g/mol. The van der Waals surface area contributed by atoms with E-state index in [1.165, 1.54) is 33.9 Å². The molecule has 2 saturated heterocycles. The predicted molar refractivity (Wildman–Crippen MR) is 171 cm³/mol. The van der Waals surface area contributed by atoms with Gasteiger partial charge in [0.15, 0.2) is 11.6 Å². The van der Waals surface area contributed by atoms with Gasteiger partial charge in [-0.15, -0.1) is 24.8 Å². The molecule has 2 aromatic heterocycles. The molecule has 236 valence electrons. The zero-order valence-electron chi connectivity index (χ0n) is 25.8. The molecule has 2 aliphatic carbocycles. The van der Waals surface area contributed by atoms with Crippen molar-refractivity contribution in [2.45, 2.75) is 66.2 Å². The molecule has 0 bridgehead atoms. The highest BCUT2D eigenvalue weighted by atomic mass is 35.5. The number of aromatic amines is 2. The fourth-order valence-corrected chi connectivity index (χ4v) is 7.17. The quantitative estimate of drug-likeness (QED) is 0.481. The topological polar surface area (TPSA) is 90.7 Å². The van der Waals surface area contributed by atoms with Gasteiger partial charge in [0.2, 0.25) is 0 Å². The molecule has 2 unspecified atom stereocenters. The summed E-state index contributed by atoms with van der Waals surface area (Å²) in [4.78, 5) is 37.2. The summed E-state index contributed by atoms with van der Waals surface area (Å²) < 4.78 is 10.8. The zero-order chi connectivity index (χ0) is 28.2. The van der Waals surface area contributed by atoms with E-state index in [1.807, 2.05) is 0 Å². The largest absolute Gasteiger partial charge is 0.379 e. The lowest BCUT2D eigenvalue weighted by molar-refractivity contribution is 0.0291.